The van der Waals surface area contributed by atoms with E-state index in [0.717, 1.165) is 25.8 Å². The standard InChI is InChI=1S/C16H22N4O3/c1-2-7-20-13-5-4-12(15(20)22)9-19(10-13)14(21)11-18-8-3-6-17-16(18)23/h3,6,8,12-13H,2,4-5,7,9-11H2,1H3/t12-,13+/m1/s1. The van der Waals surface area contributed by atoms with E-state index in [1.165, 1.54) is 10.8 Å². The normalized spacial score (nSPS) is 24.0. The van der Waals surface area contributed by atoms with Crippen molar-refractivity contribution < 1.29 is 9.59 Å². The number of fused-ring (bicyclic) bond motifs is 4. The zero-order chi connectivity index (χ0) is 16.4. The zero-order valence-electron chi connectivity index (χ0n) is 13.4. The number of aromatic nitrogens is 2. The summed E-state index contributed by atoms with van der Waals surface area (Å²) in [5.74, 6) is -0.0463. The van der Waals surface area contributed by atoms with E-state index in [1.807, 2.05) is 4.90 Å². The number of piperidine rings is 1. The van der Waals surface area contributed by atoms with E-state index in [-0.39, 0.29) is 30.3 Å². The van der Waals surface area contributed by atoms with Gasteiger partial charge in [0.15, 0.2) is 0 Å². The fourth-order valence-corrected chi connectivity index (χ4v) is 3.53. The molecule has 23 heavy (non-hydrogen) atoms. The van der Waals surface area contributed by atoms with Crippen LogP contribution >= 0.6 is 0 Å². The summed E-state index contributed by atoms with van der Waals surface area (Å²) in [6, 6.07) is 1.74. The molecule has 124 valence electrons. The molecule has 2 atom stereocenters. The molecule has 0 spiro atoms. The first-order chi connectivity index (χ1) is 11.1. The first kappa shape index (κ1) is 15.7. The summed E-state index contributed by atoms with van der Waals surface area (Å²) in [5, 5.41) is 0. The van der Waals surface area contributed by atoms with Crippen molar-refractivity contribution in [1.29, 1.82) is 0 Å². The van der Waals surface area contributed by atoms with Crippen LogP contribution in [0.4, 0.5) is 0 Å². The van der Waals surface area contributed by atoms with Crippen molar-refractivity contribution >= 4 is 11.8 Å². The Kier molecular flexibility index (Phi) is 4.45. The van der Waals surface area contributed by atoms with E-state index < -0.39 is 5.69 Å². The Balaban J connectivity index is 1.74. The van der Waals surface area contributed by atoms with E-state index in [9.17, 15) is 14.4 Å². The van der Waals surface area contributed by atoms with Crippen molar-refractivity contribution in [2.24, 2.45) is 5.92 Å². The molecule has 0 N–H and O–H groups in total. The second-order valence-corrected chi connectivity index (χ2v) is 6.29. The van der Waals surface area contributed by atoms with Gasteiger partial charge < -0.3 is 9.80 Å². The van der Waals surface area contributed by atoms with Crippen LogP contribution in [0.15, 0.2) is 23.3 Å². The summed E-state index contributed by atoms with van der Waals surface area (Å²) in [5.41, 5.74) is -0.428. The maximum Gasteiger partial charge on any atom is 0.347 e. The number of amides is 2. The molecular weight excluding hydrogens is 296 g/mol. The topological polar surface area (TPSA) is 75.5 Å². The van der Waals surface area contributed by atoms with Crippen LogP contribution in [0.5, 0.6) is 0 Å². The highest BCUT2D eigenvalue weighted by molar-refractivity contribution is 5.83. The smallest absolute Gasteiger partial charge is 0.338 e. The lowest BCUT2D eigenvalue weighted by molar-refractivity contribution is -0.139. The van der Waals surface area contributed by atoms with E-state index in [2.05, 4.69) is 11.9 Å². The lowest BCUT2D eigenvalue weighted by Gasteiger charge is -2.35. The molecule has 0 saturated carbocycles. The number of carbonyl (C=O) groups is 2. The number of carbonyl (C=O) groups excluding carboxylic acids is 2. The van der Waals surface area contributed by atoms with Crippen molar-refractivity contribution in [3.8, 4) is 0 Å². The Bertz CT molecular complexity index is 657. The molecule has 4 heterocycles. The second-order valence-electron chi connectivity index (χ2n) is 6.29. The van der Waals surface area contributed by atoms with Crippen LogP contribution in [-0.4, -0.2) is 56.8 Å². The maximum absolute atomic E-state index is 12.6. The van der Waals surface area contributed by atoms with Gasteiger partial charge in [-0.25, -0.2) is 9.78 Å². The summed E-state index contributed by atoms with van der Waals surface area (Å²) >= 11 is 0. The van der Waals surface area contributed by atoms with Crippen molar-refractivity contribution in [3.63, 3.8) is 0 Å². The van der Waals surface area contributed by atoms with E-state index in [0.29, 0.717) is 13.1 Å². The minimum Gasteiger partial charge on any atom is -0.338 e. The van der Waals surface area contributed by atoms with E-state index >= 15 is 0 Å². The van der Waals surface area contributed by atoms with Gasteiger partial charge in [-0.1, -0.05) is 6.92 Å². The van der Waals surface area contributed by atoms with E-state index in [4.69, 9.17) is 0 Å². The Morgan fingerprint density at radius 3 is 2.87 bits per heavy atom. The molecule has 3 aliphatic rings. The Hall–Kier alpha value is -2.18. The van der Waals surface area contributed by atoms with Crippen LogP contribution in [0.1, 0.15) is 26.2 Å². The SMILES string of the molecule is CCCN1C(=O)[C@@H]2CC[C@H]1CN(C(=O)Cn1cccnc1=O)C2. The molecule has 1 aromatic heterocycles. The monoisotopic (exact) mass is 318 g/mol. The second kappa shape index (κ2) is 6.52. The highest BCUT2D eigenvalue weighted by Gasteiger charge is 2.41. The summed E-state index contributed by atoms with van der Waals surface area (Å²) < 4.78 is 1.31. The van der Waals surface area contributed by atoms with Crippen molar-refractivity contribution in [2.45, 2.75) is 38.8 Å². The fraction of sp³-hybridized carbons (Fsp3) is 0.625. The average Bonchev–Trinajstić information content (AvgIpc) is 2.83. The number of rotatable bonds is 4. The van der Waals surface area contributed by atoms with Crippen molar-refractivity contribution in [3.05, 3.63) is 28.9 Å². The zero-order valence-corrected chi connectivity index (χ0v) is 13.4. The van der Waals surface area contributed by atoms with Gasteiger partial charge in [-0.15, -0.1) is 0 Å². The molecule has 3 fully saturated rings. The highest BCUT2D eigenvalue weighted by Crippen LogP contribution is 2.29. The summed E-state index contributed by atoms with van der Waals surface area (Å²) in [7, 11) is 0. The predicted octanol–water partition coefficient (Wildman–Crippen LogP) is 0.103. The molecule has 0 aromatic carbocycles. The first-order valence-corrected chi connectivity index (χ1v) is 8.20. The Labute approximate surface area is 134 Å². The van der Waals surface area contributed by atoms with Crippen LogP contribution in [-0.2, 0) is 16.1 Å². The van der Waals surface area contributed by atoms with Gasteiger partial charge in [0.05, 0.1) is 5.92 Å². The lowest BCUT2D eigenvalue weighted by atomic mass is 9.94. The van der Waals surface area contributed by atoms with Gasteiger partial charge in [0.2, 0.25) is 11.8 Å². The van der Waals surface area contributed by atoms with Gasteiger partial charge in [-0.3, -0.25) is 14.2 Å². The molecule has 4 rings (SSSR count). The molecule has 0 aliphatic carbocycles. The van der Waals surface area contributed by atoms with Crippen LogP contribution < -0.4 is 5.69 Å². The third kappa shape index (κ3) is 3.13. The highest BCUT2D eigenvalue weighted by atomic mass is 16.2. The molecule has 0 radical (unpaired) electrons. The summed E-state index contributed by atoms with van der Waals surface area (Å²) in [6.45, 7) is 3.82. The van der Waals surface area contributed by atoms with Crippen LogP contribution in [0.25, 0.3) is 0 Å². The lowest BCUT2D eigenvalue weighted by Crippen LogP contribution is -2.48. The van der Waals surface area contributed by atoms with Crippen molar-refractivity contribution in [2.75, 3.05) is 19.6 Å². The minimum atomic E-state index is -0.428. The van der Waals surface area contributed by atoms with E-state index in [1.54, 1.807) is 17.2 Å². The van der Waals surface area contributed by atoms with Crippen molar-refractivity contribution in [1.82, 2.24) is 19.4 Å². The van der Waals surface area contributed by atoms with Crippen LogP contribution in [0, 0.1) is 5.92 Å². The molecule has 2 bridgehead atoms. The molecule has 3 saturated heterocycles. The molecule has 3 aliphatic heterocycles. The number of nitrogens with zero attached hydrogens (tertiary/aromatic N) is 4. The number of hydrogen-bond acceptors (Lipinski definition) is 4. The average molecular weight is 318 g/mol. The summed E-state index contributed by atoms with van der Waals surface area (Å²) in [6.07, 6.45) is 5.70. The Morgan fingerprint density at radius 2 is 2.13 bits per heavy atom. The third-order valence-corrected chi connectivity index (χ3v) is 4.70. The molecule has 0 unspecified atom stereocenters. The van der Waals surface area contributed by atoms with Gasteiger partial charge in [-0.2, -0.15) is 0 Å². The largest absolute Gasteiger partial charge is 0.347 e. The van der Waals surface area contributed by atoms with Gasteiger partial charge >= 0.3 is 5.69 Å². The molecule has 7 heteroatoms. The molecule has 1 aromatic rings. The van der Waals surface area contributed by atoms with Gasteiger partial charge in [-0.05, 0) is 25.3 Å². The maximum atomic E-state index is 12.6. The molecule has 2 amide bonds. The minimum absolute atomic E-state index is 0.0198. The molecular formula is C16H22N4O3. The fourth-order valence-electron chi connectivity index (χ4n) is 3.53. The first-order valence-electron chi connectivity index (χ1n) is 8.20. The van der Waals surface area contributed by atoms with Gasteiger partial charge in [0.1, 0.15) is 6.54 Å². The summed E-state index contributed by atoms with van der Waals surface area (Å²) in [4.78, 5) is 44.1. The quantitative estimate of drug-likeness (QED) is 0.789. The van der Waals surface area contributed by atoms with Gasteiger partial charge in [0, 0.05) is 38.1 Å². The number of hydrogen-bond donors (Lipinski definition) is 0. The Morgan fingerprint density at radius 1 is 1.30 bits per heavy atom. The molecule has 7 nitrogen and oxygen atoms in total. The predicted molar refractivity (Wildman–Crippen MR) is 83.6 cm³/mol. The third-order valence-electron chi connectivity index (χ3n) is 4.70. The van der Waals surface area contributed by atoms with Crippen LogP contribution in [0.3, 0.4) is 0 Å². The van der Waals surface area contributed by atoms with Crippen LogP contribution in [0.2, 0.25) is 0 Å². The van der Waals surface area contributed by atoms with Gasteiger partial charge in [0.25, 0.3) is 0 Å².